The Morgan fingerprint density at radius 1 is 1.67 bits per heavy atom. The molecule has 0 spiro atoms. The number of amides is 1. The zero-order valence-electron chi connectivity index (χ0n) is 9.57. The molecule has 0 rings (SSSR count). The van der Waals surface area contributed by atoms with E-state index in [4.69, 9.17) is 10.4 Å². The summed E-state index contributed by atoms with van der Waals surface area (Å²) in [7, 11) is 0. The Hall–Kier alpha value is -0.730. The van der Waals surface area contributed by atoms with Gasteiger partial charge in [0.25, 0.3) is 0 Å². The van der Waals surface area contributed by atoms with E-state index in [2.05, 4.69) is 5.32 Å². The molecule has 15 heavy (non-hydrogen) atoms. The molecule has 0 aromatic carbocycles. The second-order valence-corrected chi connectivity index (χ2v) is 5.03. The highest BCUT2D eigenvalue weighted by molar-refractivity contribution is 7.99. The lowest BCUT2D eigenvalue weighted by Gasteiger charge is -2.24. The molecule has 0 aliphatic rings. The van der Waals surface area contributed by atoms with E-state index in [1.54, 1.807) is 13.8 Å². The number of hydrogen-bond donors (Lipinski definition) is 2. The zero-order chi connectivity index (χ0) is 12.1. The highest BCUT2D eigenvalue weighted by atomic mass is 32.2. The van der Waals surface area contributed by atoms with E-state index in [1.165, 1.54) is 11.8 Å². The zero-order valence-corrected chi connectivity index (χ0v) is 10.4. The third kappa shape index (κ3) is 4.10. The Morgan fingerprint density at radius 2 is 2.20 bits per heavy atom. The second-order valence-electron chi connectivity index (χ2n) is 3.96. The summed E-state index contributed by atoms with van der Waals surface area (Å²) in [6.07, 6.45) is 1.87. The highest BCUT2D eigenvalue weighted by Crippen LogP contribution is 2.16. The van der Waals surface area contributed by atoms with E-state index in [-0.39, 0.29) is 23.8 Å². The smallest absolute Gasteiger partial charge is 0.240 e. The number of nitriles is 1. The minimum absolute atomic E-state index is 0.00952. The monoisotopic (exact) mass is 230 g/mol. The molecule has 2 atom stereocenters. The van der Waals surface area contributed by atoms with Crippen LogP contribution in [0.1, 0.15) is 20.8 Å². The number of aliphatic hydroxyl groups excluding tert-OH is 1. The number of rotatable bonds is 5. The lowest BCUT2D eigenvalue weighted by Crippen LogP contribution is -2.46. The van der Waals surface area contributed by atoms with Gasteiger partial charge in [-0.1, -0.05) is 0 Å². The number of aliphatic hydroxyl groups is 1. The standard InChI is InChI=1S/C10H18N2O2S/c1-7(8(5-13)15-4)12-9(14)10(2,3)6-11/h7-8,13H,5H2,1-4H3,(H,12,14). The predicted octanol–water partition coefficient (Wildman–Crippen LogP) is 0.765. The number of nitrogens with zero attached hydrogens (tertiary/aromatic N) is 1. The van der Waals surface area contributed by atoms with Gasteiger partial charge in [-0.2, -0.15) is 17.0 Å². The van der Waals surface area contributed by atoms with Crippen molar-refractivity contribution in [1.82, 2.24) is 5.32 Å². The van der Waals surface area contributed by atoms with E-state index in [0.29, 0.717) is 0 Å². The molecule has 4 nitrogen and oxygen atoms in total. The van der Waals surface area contributed by atoms with Gasteiger partial charge >= 0.3 is 0 Å². The van der Waals surface area contributed by atoms with Crippen LogP contribution in [-0.2, 0) is 4.79 Å². The number of thioether (sulfide) groups is 1. The van der Waals surface area contributed by atoms with Crippen LogP contribution in [0.4, 0.5) is 0 Å². The summed E-state index contributed by atoms with van der Waals surface area (Å²) in [5.74, 6) is -0.301. The fraction of sp³-hybridized carbons (Fsp3) is 0.800. The van der Waals surface area contributed by atoms with Crippen LogP contribution in [0, 0.1) is 16.7 Å². The van der Waals surface area contributed by atoms with E-state index < -0.39 is 5.41 Å². The molecular weight excluding hydrogens is 212 g/mol. The molecule has 0 saturated carbocycles. The molecule has 0 heterocycles. The van der Waals surface area contributed by atoms with Crippen LogP contribution in [0.3, 0.4) is 0 Å². The molecule has 86 valence electrons. The molecule has 0 radical (unpaired) electrons. The average Bonchev–Trinajstić information content (AvgIpc) is 2.19. The Morgan fingerprint density at radius 3 is 2.53 bits per heavy atom. The van der Waals surface area contributed by atoms with Crippen molar-refractivity contribution in [1.29, 1.82) is 5.26 Å². The van der Waals surface area contributed by atoms with Crippen LogP contribution in [0.5, 0.6) is 0 Å². The third-order valence-electron chi connectivity index (χ3n) is 2.25. The molecule has 0 fully saturated rings. The summed E-state index contributed by atoms with van der Waals surface area (Å²) in [6.45, 7) is 4.97. The molecule has 1 amide bonds. The first kappa shape index (κ1) is 14.3. The Bertz CT molecular complexity index is 257. The van der Waals surface area contributed by atoms with Crippen LogP contribution in [0.15, 0.2) is 0 Å². The van der Waals surface area contributed by atoms with Gasteiger partial charge in [0, 0.05) is 11.3 Å². The quantitative estimate of drug-likeness (QED) is 0.731. The SMILES string of the molecule is CSC(CO)C(C)NC(=O)C(C)(C)C#N. The molecule has 0 saturated heterocycles. The maximum atomic E-state index is 11.6. The average molecular weight is 230 g/mol. The maximum Gasteiger partial charge on any atom is 0.240 e. The summed E-state index contributed by atoms with van der Waals surface area (Å²) in [5, 5.41) is 20.5. The van der Waals surface area contributed by atoms with Crippen molar-refractivity contribution in [2.75, 3.05) is 12.9 Å². The van der Waals surface area contributed by atoms with Gasteiger partial charge in [-0.15, -0.1) is 0 Å². The first-order chi connectivity index (χ1) is 6.88. The van der Waals surface area contributed by atoms with Crippen molar-refractivity contribution in [2.45, 2.75) is 32.1 Å². The molecule has 0 aromatic heterocycles. The minimum Gasteiger partial charge on any atom is -0.395 e. The lowest BCUT2D eigenvalue weighted by molar-refractivity contribution is -0.127. The number of hydrogen-bond acceptors (Lipinski definition) is 4. The Kier molecular flexibility index (Phi) is 5.69. The molecule has 0 bridgehead atoms. The molecule has 5 heteroatoms. The van der Waals surface area contributed by atoms with Crippen molar-refractivity contribution >= 4 is 17.7 Å². The molecule has 2 N–H and O–H groups in total. The number of carbonyl (C=O) groups is 1. The summed E-state index contributed by atoms with van der Waals surface area (Å²) >= 11 is 1.49. The van der Waals surface area contributed by atoms with Gasteiger partial charge in [0.2, 0.25) is 5.91 Å². The van der Waals surface area contributed by atoms with Crippen LogP contribution in [0.25, 0.3) is 0 Å². The Labute approximate surface area is 95.0 Å². The maximum absolute atomic E-state index is 11.6. The van der Waals surface area contributed by atoms with Crippen molar-refractivity contribution in [3.05, 3.63) is 0 Å². The highest BCUT2D eigenvalue weighted by Gasteiger charge is 2.29. The van der Waals surface area contributed by atoms with Crippen LogP contribution < -0.4 is 5.32 Å². The summed E-state index contributed by atoms with van der Waals surface area (Å²) in [4.78, 5) is 11.6. The molecular formula is C10H18N2O2S. The van der Waals surface area contributed by atoms with Gasteiger partial charge in [-0.05, 0) is 27.0 Å². The summed E-state index contributed by atoms with van der Waals surface area (Å²) in [6, 6.07) is 1.79. The summed E-state index contributed by atoms with van der Waals surface area (Å²) in [5.41, 5.74) is -1.02. The number of nitrogens with one attached hydrogen (secondary N) is 1. The van der Waals surface area contributed by atoms with Gasteiger partial charge < -0.3 is 10.4 Å². The first-order valence-corrected chi connectivity index (χ1v) is 6.03. The van der Waals surface area contributed by atoms with Crippen molar-refractivity contribution in [2.24, 2.45) is 5.41 Å². The fourth-order valence-corrected chi connectivity index (χ4v) is 1.59. The fourth-order valence-electron chi connectivity index (χ4n) is 0.968. The van der Waals surface area contributed by atoms with Crippen molar-refractivity contribution in [3.8, 4) is 6.07 Å². The van der Waals surface area contributed by atoms with Gasteiger partial charge in [0.05, 0.1) is 12.7 Å². The first-order valence-electron chi connectivity index (χ1n) is 4.75. The van der Waals surface area contributed by atoms with E-state index in [1.807, 2.05) is 19.2 Å². The van der Waals surface area contributed by atoms with E-state index in [0.717, 1.165) is 0 Å². The molecule has 2 unspecified atom stereocenters. The largest absolute Gasteiger partial charge is 0.395 e. The lowest BCUT2D eigenvalue weighted by atomic mass is 9.94. The normalized spacial score (nSPS) is 15.2. The molecule has 0 aromatic rings. The number of carbonyl (C=O) groups excluding carboxylic acids is 1. The van der Waals surface area contributed by atoms with Crippen molar-refractivity contribution < 1.29 is 9.90 Å². The van der Waals surface area contributed by atoms with E-state index in [9.17, 15) is 4.79 Å². The van der Waals surface area contributed by atoms with Gasteiger partial charge in [0.15, 0.2) is 0 Å². The van der Waals surface area contributed by atoms with Crippen LogP contribution >= 0.6 is 11.8 Å². The third-order valence-corrected chi connectivity index (χ3v) is 3.41. The topological polar surface area (TPSA) is 73.1 Å². The van der Waals surface area contributed by atoms with E-state index >= 15 is 0 Å². The minimum atomic E-state index is -1.02. The van der Waals surface area contributed by atoms with Crippen LogP contribution in [0.2, 0.25) is 0 Å². The Balaban J connectivity index is 4.37. The second kappa shape index (κ2) is 5.99. The molecule has 0 aliphatic heterocycles. The van der Waals surface area contributed by atoms with Crippen molar-refractivity contribution in [3.63, 3.8) is 0 Å². The van der Waals surface area contributed by atoms with Gasteiger partial charge in [0.1, 0.15) is 5.41 Å². The predicted molar refractivity (Wildman–Crippen MR) is 61.4 cm³/mol. The van der Waals surface area contributed by atoms with Gasteiger partial charge in [-0.25, -0.2) is 0 Å². The van der Waals surface area contributed by atoms with Gasteiger partial charge in [-0.3, -0.25) is 4.79 Å². The summed E-state index contributed by atoms with van der Waals surface area (Å²) < 4.78 is 0. The van der Waals surface area contributed by atoms with Crippen LogP contribution in [-0.4, -0.2) is 35.2 Å². The molecule has 0 aliphatic carbocycles.